The number of benzene rings is 1. The topological polar surface area (TPSA) is 22.1 Å². The SMILES string of the molecule is CCc1cnccc1COc1cc(C)cc(F)c1. The highest BCUT2D eigenvalue weighted by molar-refractivity contribution is 5.29. The highest BCUT2D eigenvalue weighted by Gasteiger charge is 2.03. The molecule has 2 aromatic rings. The Kier molecular flexibility index (Phi) is 3.92. The van der Waals surface area contributed by atoms with Gasteiger partial charge in [-0.05, 0) is 48.2 Å². The van der Waals surface area contributed by atoms with Gasteiger partial charge in [-0.2, -0.15) is 0 Å². The van der Waals surface area contributed by atoms with E-state index >= 15 is 0 Å². The maximum atomic E-state index is 13.2. The lowest BCUT2D eigenvalue weighted by Gasteiger charge is -2.10. The van der Waals surface area contributed by atoms with E-state index < -0.39 is 0 Å². The van der Waals surface area contributed by atoms with E-state index in [2.05, 4.69) is 11.9 Å². The van der Waals surface area contributed by atoms with Gasteiger partial charge in [0.15, 0.2) is 0 Å². The summed E-state index contributed by atoms with van der Waals surface area (Å²) in [7, 11) is 0. The molecule has 0 amide bonds. The normalized spacial score (nSPS) is 10.4. The van der Waals surface area contributed by atoms with Gasteiger partial charge in [0.05, 0.1) is 0 Å². The van der Waals surface area contributed by atoms with E-state index in [-0.39, 0.29) is 5.82 Å². The quantitative estimate of drug-likeness (QED) is 0.820. The van der Waals surface area contributed by atoms with Crippen LogP contribution in [0.4, 0.5) is 4.39 Å². The smallest absolute Gasteiger partial charge is 0.127 e. The number of aromatic nitrogens is 1. The summed E-state index contributed by atoms with van der Waals surface area (Å²) < 4.78 is 18.8. The molecule has 3 heteroatoms. The van der Waals surface area contributed by atoms with E-state index in [1.165, 1.54) is 12.1 Å². The third kappa shape index (κ3) is 3.06. The Morgan fingerprint density at radius 1 is 1.22 bits per heavy atom. The molecule has 0 N–H and O–H groups in total. The Bertz CT molecular complexity index is 520. The summed E-state index contributed by atoms with van der Waals surface area (Å²) in [5, 5.41) is 0. The molecular weight excluding hydrogens is 229 g/mol. The van der Waals surface area contributed by atoms with Gasteiger partial charge in [-0.1, -0.05) is 6.92 Å². The van der Waals surface area contributed by atoms with Crippen molar-refractivity contribution in [3.8, 4) is 5.75 Å². The van der Waals surface area contributed by atoms with Crippen molar-refractivity contribution in [2.24, 2.45) is 0 Å². The van der Waals surface area contributed by atoms with Gasteiger partial charge in [0.1, 0.15) is 18.2 Å². The van der Waals surface area contributed by atoms with Crippen molar-refractivity contribution in [2.75, 3.05) is 0 Å². The average Bonchev–Trinajstić information content (AvgIpc) is 2.35. The summed E-state index contributed by atoms with van der Waals surface area (Å²) in [5.41, 5.74) is 3.11. The molecule has 0 bridgehead atoms. The Labute approximate surface area is 106 Å². The summed E-state index contributed by atoms with van der Waals surface area (Å²) in [5.74, 6) is 0.293. The number of aryl methyl sites for hydroxylation is 2. The molecule has 0 saturated carbocycles. The molecule has 0 fully saturated rings. The van der Waals surface area contributed by atoms with Crippen LogP contribution in [0.1, 0.15) is 23.6 Å². The monoisotopic (exact) mass is 245 g/mol. The molecule has 1 heterocycles. The molecule has 0 radical (unpaired) electrons. The first-order chi connectivity index (χ1) is 8.69. The summed E-state index contributed by atoms with van der Waals surface area (Å²) in [6, 6.07) is 6.65. The van der Waals surface area contributed by atoms with Gasteiger partial charge >= 0.3 is 0 Å². The van der Waals surface area contributed by atoms with Crippen LogP contribution in [0.25, 0.3) is 0 Å². The van der Waals surface area contributed by atoms with Crippen LogP contribution in [-0.2, 0) is 13.0 Å². The van der Waals surface area contributed by atoms with Crippen molar-refractivity contribution in [3.05, 3.63) is 59.2 Å². The largest absolute Gasteiger partial charge is 0.489 e. The van der Waals surface area contributed by atoms with Crippen LogP contribution in [0.2, 0.25) is 0 Å². The van der Waals surface area contributed by atoms with Crippen LogP contribution >= 0.6 is 0 Å². The first-order valence-electron chi connectivity index (χ1n) is 6.01. The van der Waals surface area contributed by atoms with E-state index in [1.807, 2.05) is 25.3 Å². The number of ether oxygens (including phenoxy) is 1. The maximum Gasteiger partial charge on any atom is 0.127 e. The minimum absolute atomic E-state index is 0.268. The van der Waals surface area contributed by atoms with Crippen LogP contribution < -0.4 is 4.74 Å². The van der Waals surface area contributed by atoms with Crippen LogP contribution in [-0.4, -0.2) is 4.98 Å². The first-order valence-corrected chi connectivity index (χ1v) is 6.01. The first kappa shape index (κ1) is 12.6. The Morgan fingerprint density at radius 3 is 2.78 bits per heavy atom. The fourth-order valence-electron chi connectivity index (χ4n) is 1.86. The molecule has 94 valence electrons. The predicted molar refractivity (Wildman–Crippen MR) is 69.1 cm³/mol. The van der Waals surface area contributed by atoms with Crippen molar-refractivity contribution in [2.45, 2.75) is 26.9 Å². The molecule has 0 unspecified atom stereocenters. The fourth-order valence-corrected chi connectivity index (χ4v) is 1.86. The maximum absolute atomic E-state index is 13.2. The van der Waals surface area contributed by atoms with Crippen molar-refractivity contribution in [1.29, 1.82) is 0 Å². The molecule has 1 aromatic carbocycles. The molecule has 1 aromatic heterocycles. The van der Waals surface area contributed by atoms with Gasteiger partial charge in [0.25, 0.3) is 0 Å². The third-order valence-corrected chi connectivity index (χ3v) is 2.80. The van der Waals surface area contributed by atoms with Gasteiger partial charge in [-0.25, -0.2) is 4.39 Å². The predicted octanol–water partition coefficient (Wildman–Crippen LogP) is 3.67. The number of pyridine rings is 1. The van der Waals surface area contributed by atoms with Gasteiger partial charge < -0.3 is 4.74 Å². The highest BCUT2D eigenvalue weighted by atomic mass is 19.1. The molecule has 0 spiro atoms. The molecule has 18 heavy (non-hydrogen) atoms. The van der Waals surface area contributed by atoms with E-state index in [4.69, 9.17) is 4.74 Å². The molecule has 0 aliphatic carbocycles. The van der Waals surface area contributed by atoms with Gasteiger partial charge in [-0.3, -0.25) is 4.98 Å². The lowest BCUT2D eigenvalue weighted by molar-refractivity contribution is 0.303. The summed E-state index contributed by atoms with van der Waals surface area (Å²) in [6.45, 7) is 4.36. The van der Waals surface area contributed by atoms with Gasteiger partial charge in [-0.15, -0.1) is 0 Å². The van der Waals surface area contributed by atoms with Gasteiger partial charge in [0, 0.05) is 18.5 Å². The second-order valence-corrected chi connectivity index (χ2v) is 4.25. The summed E-state index contributed by atoms with van der Waals surface area (Å²) >= 11 is 0. The number of hydrogen-bond acceptors (Lipinski definition) is 2. The minimum atomic E-state index is -0.268. The molecule has 0 aliphatic heterocycles. The number of halogens is 1. The Morgan fingerprint density at radius 2 is 2.06 bits per heavy atom. The fraction of sp³-hybridized carbons (Fsp3) is 0.267. The van der Waals surface area contributed by atoms with Crippen molar-refractivity contribution < 1.29 is 9.13 Å². The zero-order valence-electron chi connectivity index (χ0n) is 10.6. The van der Waals surface area contributed by atoms with E-state index in [1.54, 1.807) is 6.20 Å². The van der Waals surface area contributed by atoms with Crippen molar-refractivity contribution in [1.82, 2.24) is 4.98 Å². The number of rotatable bonds is 4. The zero-order chi connectivity index (χ0) is 13.0. The number of hydrogen-bond donors (Lipinski definition) is 0. The standard InChI is InChI=1S/C15H16FNO/c1-3-12-9-17-5-4-13(12)10-18-15-7-11(2)6-14(16)8-15/h4-9H,3,10H2,1-2H3. The molecule has 2 nitrogen and oxygen atoms in total. The van der Waals surface area contributed by atoms with Crippen LogP contribution in [0.15, 0.2) is 36.7 Å². The molecule has 0 saturated heterocycles. The third-order valence-electron chi connectivity index (χ3n) is 2.80. The van der Waals surface area contributed by atoms with Crippen LogP contribution in [0, 0.1) is 12.7 Å². The van der Waals surface area contributed by atoms with Crippen molar-refractivity contribution >= 4 is 0 Å². The number of nitrogens with zero attached hydrogens (tertiary/aromatic N) is 1. The average molecular weight is 245 g/mol. The Hall–Kier alpha value is -1.90. The highest BCUT2D eigenvalue weighted by Crippen LogP contribution is 2.18. The molecular formula is C15H16FNO. The van der Waals surface area contributed by atoms with E-state index in [0.717, 1.165) is 23.1 Å². The van der Waals surface area contributed by atoms with Gasteiger partial charge in [0.2, 0.25) is 0 Å². The van der Waals surface area contributed by atoms with E-state index in [9.17, 15) is 4.39 Å². The van der Waals surface area contributed by atoms with Crippen molar-refractivity contribution in [3.63, 3.8) is 0 Å². The lowest BCUT2D eigenvalue weighted by atomic mass is 10.1. The lowest BCUT2D eigenvalue weighted by Crippen LogP contribution is -2.00. The summed E-state index contributed by atoms with van der Waals surface area (Å²) in [6.07, 6.45) is 4.50. The minimum Gasteiger partial charge on any atom is -0.489 e. The molecule has 2 rings (SSSR count). The van der Waals surface area contributed by atoms with Crippen LogP contribution in [0.5, 0.6) is 5.75 Å². The Balaban J connectivity index is 2.11. The van der Waals surface area contributed by atoms with E-state index in [0.29, 0.717) is 12.4 Å². The second kappa shape index (κ2) is 5.63. The molecule has 0 aliphatic rings. The zero-order valence-corrected chi connectivity index (χ0v) is 10.6. The molecule has 0 atom stereocenters. The second-order valence-electron chi connectivity index (χ2n) is 4.25. The van der Waals surface area contributed by atoms with Crippen LogP contribution in [0.3, 0.4) is 0 Å². The summed E-state index contributed by atoms with van der Waals surface area (Å²) in [4.78, 5) is 4.08.